The molecule has 1 aromatic carbocycles. The van der Waals surface area contributed by atoms with Crippen LogP contribution in [0.5, 0.6) is 11.5 Å². The van der Waals surface area contributed by atoms with Crippen LogP contribution in [0.4, 0.5) is 0 Å². The summed E-state index contributed by atoms with van der Waals surface area (Å²) in [5.41, 5.74) is 1.06. The molecule has 2 aromatic rings. The highest BCUT2D eigenvalue weighted by molar-refractivity contribution is 5.86. The maximum Gasteiger partial charge on any atom is 0.374 e. The summed E-state index contributed by atoms with van der Waals surface area (Å²) >= 11 is 0. The molecule has 0 saturated carbocycles. The van der Waals surface area contributed by atoms with Gasteiger partial charge in [0, 0.05) is 17.7 Å². The number of nitrogens with zero attached hydrogens (tertiary/aromatic N) is 1. The largest absolute Gasteiger partial charge is 0.497 e. The van der Waals surface area contributed by atoms with Crippen LogP contribution in [0, 0.1) is 0 Å². The SMILES string of the molecule is CCOc1cc(OC)ccc1-c1cc(C(=O)O)on1. The first-order valence-electron chi connectivity index (χ1n) is 5.67. The zero-order valence-electron chi connectivity index (χ0n) is 10.5. The van der Waals surface area contributed by atoms with Gasteiger partial charge in [-0.2, -0.15) is 0 Å². The number of carbonyl (C=O) groups is 1. The molecule has 1 aromatic heterocycles. The molecular weight excluding hydrogens is 250 g/mol. The third kappa shape index (κ3) is 2.67. The van der Waals surface area contributed by atoms with Crippen LogP contribution in [0.2, 0.25) is 0 Å². The third-order valence-electron chi connectivity index (χ3n) is 2.49. The first kappa shape index (κ1) is 12.9. The van der Waals surface area contributed by atoms with Gasteiger partial charge in [-0.1, -0.05) is 5.16 Å². The van der Waals surface area contributed by atoms with E-state index in [1.165, 1.54) is 6.07 Å². The molecule has 0 aliphatic rings. The standard InChI is InChI=1S/C13H13NO5/c1-3-18-11-6-8(17-2)4-5-9(11)10-7-12(13(15)16)19-14-10/h4-7H,3H2,1-2H3,(H,15,16). The van der Waals surface area contributed by atoms with E-state index in [0.717, 1.165) is 0 Å². The molecule has 0 fully saturated rings. The molecule has 0 unspecified atom stereocenters. The van der Waals surface area contributed by atoms with Crippen LogP contribution in [-0.4, -0.2) is 29.9 Å². The van der Waals surface area contributed by atoms with Crippen LogP contribution < -0.4 is 9.47 Å². The summed E-state index contributed by atoms with van der Waals surface area (Å²) in [4.78, 5) is 10.8. The van der Waals surface area contributed by atoms with Crippen molar-refractivity contribution in [2.24, 2.45) is 0 Å². The predicted molar refractivity (Wildman–Crippen MR) is 66.6 cm³/mol. The van der Waals surface area contributed by atoms with Gasteiger partial charge >= 0.3 is 5.97 Å². The second kappa shape index (κ2) is 5.43. The Morgan fingerprint density at radius 2 is 2.21 bits per heavy atom. The lowest BCUT2D eigenvalue weighted by Crippen LogP contribution is -1.95. The minimum atomic E-state index is -1.16. The highest BCUT2D eigenvalue weighted by Crippen LogP contribution is 2.33. The van der Waals surface area contributed by atoms with E-state index in [9.17, 15) is 4.79 Å². The summed E-state index contributed by atoms with van der Waals surface area (Å²) in [6.07, 6.45) is 0. The van der Waals surface area contributed by atoms with Crippen molar-refractivity contribution >= 4 is 5.97 Å². The van der Waals surface area contributed by atoms with Gasteiger partial charge in [0.1, 0.15) is 17.2 Å². The number of hydrogen-bond acceptors (Lipinski definition) is 5. The Kier molecular flexibility index (Phi) is 3.70. The molecule has 0 radical (unpaired) electrons. The van der Waals surface area contributed by atoms with E-state index in [1.54, 1.807) is 25.3 Å². The zero-order chi connectivity index (χ0) is 13.8. The molecule has 0 saturated heterocycles. The van der Waals surface area contributed by atoms with Crippen molar-refractivity contribution in [1.82, 2.24) is 5.16 Å². The Hall–Kier alpha value is -2.50. The predicted octanol–water partition coefficient (Wildman–Crippen LogP) is 2.45. The molecule has 100 valence electrons. The molecule has 2 rings (SSSR count). The maximum atomic E-state index is 10.8. The molecule has 0 spiro atoms. The molecule has 0 amide bonds. The monoisotopic (exact) mass is 263 g/mol. The van der Waals surface area contributed by atoms with Crippen LogP contribution >= 0.6 is 0 Å². The van der Waals surface area contributed by atoms with Crippen LogP contribution in [0.3, 0.4) is 0 Å². The van der Waals surface area contributed by atoms with Gasteiger partial charge in [-0.3, -0.25) is 0 Å². The fourth-order valence-electron chi connectivity index (χ4n) is 1.62. The average molecular weight is 263 g/mol. The molecule has 0 bridgehead atoms. The lowest BCUT2D eigenvalue weighted by Gasteiger charge is -2.09. The summed E-state index contributed by atoms with van der Waals surface area (Å²) in [5, 5.41) is 12.5. The third-order valence-corrected chi connectivity index (χ3v) is 2.49. The Labute approximate surface area is 109 Å². The number of carboxylic acid groups (broad SMARTS) is 1. The van der Waals surface area contributed by atoms with E-state index < -0.39 is 5.97 Å². The summed E-state index contributed by atoms with van der Waals surface area (Å²) in [5.74, 6) is -0.167. The van der Waals surface area contributed by atoms with Crippen LogP contribution in [0.25, 0.3) is 11.3 Å². The Morgan fingerprint density at radius 3 is 2.79 bits per heavy atom. The Bertz CT molecular complexity index is 590. The van der Waals surface area contributed by atoms with E-state index in [4.69, 9.17) is 19.1 Å². The number of aromatic nitrogens is 1. The number of methoxy groups -OCH3 is 1. The Morgan fingerprint density at radius 1 is 1.42 bits per heavy atom. The second-order valence-electron chi connectivity index (χ2n) is 3.68. The second-order valence-corrected chi connectivity index (χ2v) is 3.68. The van der Waals surface area contributed by atoms with E-state index in [2.05, 4.69) is 5.16 Å². The van der Waals surface area contributed by atoms with Crippen molar-refractivity contribution in [2.45, 2.75) is 6.92 Å². The molecular formula is C13H13NO5. The summed E-state index contributed by atoms with van der Waals surface area (Å²) in [7, 11) is 1.56. The fraction of sp³-hybridized carbons (Fsp3) is 0.231. The topological polar surface area (TPSA) is 81.8 Å². The number of rotatable bonds is 5. The summed E-state index contributed by atoms with van der Waals surface area (Å²) in [6, 6.07) is 6.56. The normalized spacial score (nSPS) is 10.2. The molecule has 1 N–H and O–H groups in total. The number of aromatic carboxylic acids is 1. The molecule has 1 heterocycles. The van der Waals surface area contributed by atoms with Crippen molar-refractivity contribution in [2.75, 3.05) is 13.7 Å². The van der Waals surface area contributed by atoms with Crippen molar-refractivity contribution < 1.29 is 23.9 Å². The first-order valence-corrected chi connectivity index (χ1v) is 5.67. The number of hydrogen-bond donors (Lipinski definition) is 1. The zero-order valence-corrected chi connectivity index (χ0v) is 10.5. The van der Waals surface area contributed by atoms with Gasteiger partial charge in [-0.25, -0.2) is 4.79 Å². The summed E-state index contributed by atoms with van der Waals surface area (Å²) in [6.45, 7) is 2.33. The van der Waals surface area contributed by atoms with Gasteiger partial charge in [-0.05, 0) is 19.1 Å². The van der Waals surface area contributed by atoms with Gasteiger partial charge in [0.15, 0.2) is 0 Å². The molecule has 0 aliphatic heterocycles. The quantitative estimate of drug-likeness (QED) is 0.892. The van der Waals surface area contributed by atoms with Crippen LogP contribution in [-0.2, 0) is 0 Å². The van der Waals surface area contributed by atoms with Crippen LogP contribution in [0.15, 0.2) is 28.8 Å². The highest BCUT2D eigenvalue weighted by atomic mass is 16.5. The Balaban J connectivity index is 2.44. The van der Waals surface area contributed by atoms with Crippen molar-refractivity contribution in [3.8, 4) is 22.8 Å². The van der Waals surface area contributed by atoms with Crippen molar-refractivity contribution in [3.05, 3.63) is 30.0 Å². The van der Waals surface area contributed by atoms with Gasteiger partial charge < -0.3 is 19.1 Å². The number of benzene rings is 1. The highest BCUT2D eigenvalue weighted by Gasteiger charge is 2.16. The smallest absolute Gasteiger partial charge is 0.374 e. The average Bonchev–Trinajstić information content (AvgIpc) is 2.88. The first-order chi connectivity index (χ1) is 9.15. The van der Waals surface area contributed by atoms with Crippen LogP contribution in [0.1, 0.15) is 17.5 Å². The lowest BCUT2D eigenvalue weighted by molar-refractivity contribution is 0.0652. The fourth-order valence-corrected chi connectivity index (χ4v) is 1.62. The molecule has 0 aliphatic carbocycles. The van der Waals surface area contributed by atoms with Gasteiger partial charge in [0.05, 0.1) is 13.7 Å². The molecule has 19 heavy (non-hydrogen) atoms. The minimum absolute atomic E-state index is 0.215. The van der Waals surface area contributed by atoms with Gasteiger partial charge in [-0.15, -0.1) is 0 Å². The van der Waals surface area contributed by atoms with E-state index in [-0.39, 0.29) is 5.76 Å². The number of carboxylic acids is 1. The molecule has 6 nitrogen and oxygen atoms in total. The molecule has 6 heteroatoms. The number of ether oxygens (including phenoxy) is 2. The van der Waals surface area contributed by atoms with Crippen molar-refractivity contribution in [3.63, 3.8) is 0 Å². The minimum Gasteiger partial charge on any atom is -0.497 e. The van der Waals surface area contributed by atoms with Crippen molar-refractivity contribution in [1.29, 1.82) is 0 Å². The maximum absolute atomic E-state index is 10.8. The summed E-state index contributed by atoms with van der Waals surface area (Å²) < 4.78 is 15.3. The lowest BCUT2D eigenvalue weighted by atomic mass is 10.1. The van der Waals surface area contributed by atoms with Gasteiger partial charge in [0.2, 0.25) is 5.76 Å². The molecule has 0 atom stereocenters. The van der Waals surface area contributed by atoms with E-state index in [0.29, 0.717) is 29.4 Å². The van der Waals surface area contributed by atoms with E-state index >= 15 is 0 Å². The van der Waals surface area contributed by atoms with E-state index in [1.807, 2.05) is 6.92 Å². The van der Waals surface area contributed by atoms with Gasteiger partial charge in [0.25, 0.3) is 0 Å².